The Kier molecular flexibility index (Phi) is 8.11. The minimum Gasteiger partial charge on any atom is -0.493 e. The molecule has 1 aromatic carbocycles. The molecule has 1 atom stereocenters. The molecular formula is C20H26N4O7S. The van der Waals surface area contributed by atoms with Gasteiger partial charge in [-0.2, -0.15) is 4.72 Å². The van der Waals surface area contributed by atoms with Gasteiger partial charge >= 0.3 is 5.97 Å². The molecular weight excluding hydrogens is 440 g/mol. The molecule has 12 heteroatoms. The highest BCUT2D eigenvalue weighted by Crippen LogP contribution is 2.30. The summed E-state index contributed by atoms with van der Waals surface area (Å²) in [7, 11) is -4.31. The molecule has 174 valence electrons. The molecule has 2 rings (SSSR count). The zero-order valence-corrected chi connectivity index (χ0v) is 18.8. The van der Waals surface area contributed by atoms with Crippen LogP contribution in [-0.4, -0.2) is 48.0 Å². The van der Waals surface area contributed by atoms with E-state index in [1.54, 1.807) is 13.8 Å². The Morgan fingerprint density at radius 2 is 2.00 bits per heavy atom. The fraction of sp³-hybridized carbons (Fsp3) is 0.400. The van der Waals surface area contributed by atoms with Crippen molar-refractivity contribution in [1.29, 1.82) is 0 Å². The summed E-state index contributed by atoms with van der Waals surface area (Å²) >= 11 is 0. The van der Waals surface area contributed by atoms with Gasteiger partial charge in [0.15, 0.2) is 0 Å². The molecule has 0 aliphatic carbocycles. The smallest absolute Gasteiger partial charge is 0.321 e. The lowest BCUT2D eigenvalue weighted by molar-refractivity contribution is -0.139. The van der Waals surface area contributed by atoms with Gasteiger partial charge in [-0.05, 0) is 44.9 Å². The van der Waals surface area contributed by atoms with Gasteiger partial charge in [0, 0.05) is 17.7 Å². The van der Waals surface area contributed by atoms with Gasteiger partial charge in [-0.3, -0.25) is 14.4 Å². The fourth-order valence-corrected chi connectivity index (χ4v) is 4.00. The van der Waals surface area contributed by atoms with Gasteiger partial charge in [-0.15, -0.1) is 0 Å². The standard InChI is InChI=1S/C20H26N4O7S/c1-4-9-31-16-7-5-13(10-14(16)18-22-12(3)11(2)19(26)23-18)32(29,30)24-15(20(27)28)6-8-17(21)25/h5,7,10,15,24H,4,6,8-9H2,1-3H3,(H2,21,25)(H,27,28)(H,22,23,26). The van der Waals surface area contributed by atoms with Crippen LogP contribution < -0.4 is 20.8 Å². The van der Waals surface area contributed by atoms with Crippen LogP contribution in [-0.2, 0) is 19.6 Å². The van der Waals surface area contributed by atoms with E-state index in [1.165, 1.54) is 18.2 Å². The predicted octanol–water partition coefficient (Wildman–Crippen LogP) is 0.840. The van der Waals surface area contributed by atoms with E-state index >= 15 is 0 Å². The van der Waals surface area contributed by atoms with Gasteiger partial charge in [0.1, 0.15) is 17.6 Å². The molecule has 0 spiro atoms. The zero-order valence-electron chi connectivity index (χ0n) is 18.0. The summed E-state index contributed by atoms with van der Waals surface area (Å²) in [5.74, 6) is -1.77. The number of benzene rings is 1. The van der Waals surface area contributed by atoms with Crippen LogP contribution in [0.4, 0.5) is 0 Å². The van der Waals surface area contributed by atoms with Crippen molar-refractivity contribution < 1.29 is 27.9 Å². The number of ether oxygens (including phenoxy) is 1. The molecule has 1 amide bonds. The number of H-pyrrole nitrogens is 1. The van der Waals surface area contributed by atoms with E-state index in [0.717, 1.165) is 0 Å². The summed E-state index contributed by atoms with van der Waals surface area (Å²) in [6, 6.07) is 2.36. The summed E-state index contributed by atoms with van der Waals surface area (Å²) in [6.45, 7) is 5.51. The van der Waals surface area contributed by atoms with E-state index in [1.807, 2.05) is 6.92 Å². The van der Waals surface area contributed by atoms with Crippen molar-refractivity contribution in [2.24, 2.45) is 5.73 Å². The number of aromatic nitrogens is 2. The number of hydrogen-bond donors (Lipinski definition) is 4. The average Bonchev–Trinajstić information content (AvgIpc) is 2.72. The topological polar surface area (TPSA) is 182 Å². The van der Waals surface area contributed by atoms with Gasteiger partial charge < -0.3 is 20.6 Å². The summed E-state index contributed by atoms with van der Waals surface area (Å²) in [5, 5.41) is 9.31. The van der Waals surface area contributed by atoms with Crippen LogP contribution in [0.1, 0.15) is 37.4 Å². The fourth-order valence-electron chi connectivity index (χ4n) is 2.75. The molecule has 0 bridgehead atoms. The molecule has 0 fully saturated rings. The number of primary amides is 1. The molecule has 1 aromatic heterocycles. The van der Waals surface area contributed by atoms with Crippen LogP contribution in [0.3, 0.4) is 0 Å². The molecule has 1 heterocycles. The average molecular weight is 467 g/mol. The molecule has 0 saturated carbocycles. The number of rotatable bonds is 11. The molecule has 11 nitrogen and oxygen atoms in total. The number of nitrogens with one attached hydrogen (secondary N) is 2. The zero-order chi connectivity index (χ0) is 24.1. The number of aromatic amines is 1. The van der Waals surface area contributed by atoms with Crippen molar-refractivity contribution in [3.8, 4) is 17.1 Å². The Morgan fingerprint density at radius 1 is 1.31 bits per heavy atom. The van der Waals surface area contributed by atoms with Crippen molar-refractivity contribution in [3.05, 3.63) is 39.8 Å². The first-order chi connectivity index (χ1) is 15.0. The second kappa shape index (κ2) is 10.4. The molecule has 0 aliphatic heterocycles. The highest BCUT2D eigenvalue weighted by atomic mass is 32.2. The lowest BCUT2D eigenvalue weighted by atomic mass is 10.1. The van der Waals surface area contributed by atoms with Crippen LogP contribution in [0.5, 0.6) is 5.75 Å². The van der Waals surface area contributed by atoms with Crippen molar-refractivity contribution in [1.82, 2.24) is 14.7 Å². The Bertz CT molecular complexity index is 1170. The van der Waals surface area contributed by atoms with Gasteiger partial charge in [-0.25, -0.2) is 13.4 Å². The molecule has 32 heavy (non-hydrogen) atoms. The second-order valence-electron chi connectivity index (χ2n) is 7.15. The van der Waals surface area contributed by atoms with Gasteiger partial charge in [0.05, 0.1) is 17.1 Å². The summed E-state index contributed by atoms with van der Waals surface area (Å²) in [4.78, 5) is 41.3. The van der Waals surface area contributed by atoms with E-state index in [0.29, 0.717) is 30.0 Å². The molecule has 0 radical (unpaired) electrons. The quantitative estimate of drug-likeness (QED) is 0.376. The Hall–Kier alpha value is -3.25. The number of carbonyl (C=O) groups excluding carboxylic acids is 1. The number of nitrogens with two attached hydrogens (primary N) is 1. The maximum atomic E-state index is 12.9. The van der Waals surface area contributed by atoms with Crippen molar-refractivity contribution >= 4 is 21.9 Å². The number of carboxylic acids is 1. The number of nitrogens with zero attached hydrogens (tertiary/aromatic N) is 1. The highest BCUT2D eigenvalue weighted by Gasteiger charge is 2.27. The largest absolute Gasteiger partial charge is 0.493 e. The van der Waals surface area contributed by atoms with E-state index in [-0.39, 0.29) is 34.7 Å². The normalized spacial score (nSPS) is 12.3. The van der Waals surface area contributed by atoms with Crippen molar-refractivity contribution in [3.63, 3.8) is 0 Å². The van der Waals surface area contributed by atoms with Crippen LogP contribution in [0.25, 0.3) is 11.4 Å². The van der Waals surface area contributed by atoms with Crippen LogP contribution in [0, 0.1) is 13.8 Å². The van der Waals surface area contributed by atoms with Crippen LogP contribution in [0.15, 0.2) is 27.9 Å². The first kappa shape index (κ1) is 25.0. The molecule has 5 N–H and O–H groups in total. The molecule has 0 aliphatic rings. The van der Waals surface area contributed by atoms with Crippen molar-refractivity contribution in [2.45, 2.75) is 51.0 Å². The van der Waals surface area contributed by atoms with Gasteiger partial charge in [-0.1, -0.05) is 6.92 Å². The third-order valence-corrected chi connectivity index (χ3v) is 6.12. The molecule has 2 aromatic rings. The molecule has 1 unspecified atom stereocenters. The summed E-state index contributed by atoms with van der Waals surface area (Å²) < 4.78 is 33.5. The second-order valence-corrected chi connectivity index (χ2v) is 8.86. The van der Waals surface area contributed by atoms with Crippen LogP contribution >= 0.6 is 0 Å². The maximum Gasteiger partial charge on any atom is 0.321 e. The minimum absolute atomic E-state index is 0.116. The number of hydrogen-bond acceptors (Lipinski definition) is 7. The lowest BCUT2D eigenvalue weighted by Crippen LogP contribution is -2.41. The number of sulfonamides is 1. The predicted molar refractivity (Wildman–Crippen MR) is 116 cm³/mol. The Labute approximate surface area is 185 Å². The third-order valence-electron chi connectivity index (χ3n) is 4.65. The first-order valence-corrected chi connectivity index (χ1v) is 11.3. The Balaban J connectivity index is 2.52. The third kappa shape index (κ3) is 6.14. The SMILES string of the molecule is CCCOc1ccc(S(=O)(=O)NC(CCC(N)=O)C(=O)O)cc1-c1nc(C)c(C)c(=O)[nH]1. The minimum atomic E-state index is -4.31. The lowest BCUT2D eigenvalue weighted by Gasteiger charge is -2.16. The number of aryl methyl sites for hydroxylation is 1. The first-order valence-electron chi connectivity index (χ1n) is 9.84. The maximum absolute atomic E-state index is 12.9. The van der Waals surface area contributed by atoms with E-state index in [2.05, 4.69) is 14.7 Å². The summed E-state index contributed by atoms with van der Waals surface area (Å²) in [6.07, 6.45) is 0.0842. The monoisotopic (exact) mass is 466 g/mol. The number of aliphatic carboxylic acids is 1. The number of carbonyl (C=O) groups is 2. The Morgan fingerprint density at radius 3 is 2.56 bits per heavy atom. The van der Waals surface area contributed by atoms with E-state index in [4.69, 9.17) is 10.5 Å². The van der Waals surface area contributed by atoms with Gasteiger partial charge in [0.25, 0.3) is 5.56 Å². The van der Waals surface area contributed by atoms with Gasteiger partial charge in [0.2, 0.25) is 15.9 Å². The number of amides is 1. The summed E-state index contributed by atoms with van der Waals surface area (Å²) in [5.41, 5.74) is 5.77. The van der Waals surface area contributed by atoms with Crippen LogP contribution in [0.2, 0.25) is 0 Å². The highest BCUT2D eigenvalue weighted by molar-refractivity contribution is 7.89. The van der Waals surface area contributed by atoms with E-state index in [9.17, 15) is 27.9 Å². The molecule has 0 saturated heterocycles. The van der Waals surface area contributed by atoms with Crippen molar-refractivity contribution in [2.75, 3.05) is 6.61 Å². The van der Waals surface area contributed by atoms with E-state index < -0.39 is 27.9 Å². The number of carboxylic acid groups (broad SMARTS) is 1.